The highest BCUT2D eigenvalue weighted by molar-refractivity contribution is 14.0. The molecule has 8 heteroatoms. The molecule has 0 aliphatic carbocycles. The molecular weight excluding hydrogens is 448 g/mol. The fraction of sp³-hybridized carbons (Fsp3) is 0.444. The van der Waals surface area contributed by atoms with Crippen LogP contribution < -0.4 is 15.4 Å². The average Bonchev–Trinajstić information content (AvgIpc) is 3.02. The van der Waals surface area contributed by atoms with Crippen molar-refractivity contribution < 1.29 is 9.13 Å². The highest BCUT2D eigenvalue weighted by atomic mass is 127. The van der Waals surface area contributed by atoms with Crippen LogP contribution in [-0.4, -0.2) is 42.0 Å². The minimum atomic E-state index is -0.299. The van der Waals surface area contributed by atoms with Crippen LogP contribution in [0.1, 0.15) is 18.9 Å². The second-order valence-electron chi connectivity index (χ2n) is 5.77. The van der Waals surface area contributed by atoms with Crippen LogP contribution in [0, 0.1) is 12.7 Å². The Labute approximate surface area is 171 Å². The molecule has 26 heavy (non-hydrogen) atoms. The Kier molecular flexibility index (Phi) is 10.0. The van der Waals surface area contributed by atoms with Crippen LogP contribution in [0.25, 0.3) is 0 Å². The number of guanidine groups is 1. The van der Waals surface area contributed by atoms with Crippen molar-refractivity contribution in [3.8, 4) is 5.75 Å². The third-order valence-electron chi connectivity index (χ3n) is 3.67. The van der Waals surface area contributed by atoms with Crippen LogP contribution in [0.4, 0.5) is 4.39 Å². The molecule has 2 N–H and O–H groups in total. The minimum absolute atomic E-state index is 0. The minimum Gasteiger partial charge on any atom is -0.489 e. The smallest absolute Gasteiger partial charge is 0.191 e. The molecule has 2 aromatic rings. The van der Waals surface area contributed by atoms with Gasteiger partial charge in [0.05, 0.1) is 19.3 Å². The van der Waals surface area contributed by atoms with Gasteiger partial charge < -0.3 is 15.4 Å². The summed E-state index contributed by atoms with van der Waals surface area (Å²) < 4.78 is 20.9. The van der Waals surface area contributed by atoms with Crippen LogP contribution in [0.3, 0.4) is 0 Å². The van der Waals surface area contributed by atoms with E-state index in [1.54, 1.807) is 19.2 Å². The van der Waals surface area contributed by atoms with E-state index in [-0.39, 0.29) is 35.9 Å². The van der Waals surface area contributed by atoms with Crippen LogP contribution in [-0.2, 0) is 6.54 Å². The molecule has 1 heterocycles. The molecule has 1 atom stereocenters. The van der Waals surface area contributed by atoms with Gasteiger partial charge in [-0.25, -0.2) is 4.39 Å². The first-order valence-corrected chi connectivity index (χ1v) is 8.46. The molecule has 1 aromatic heterocycles. The van der Waals surface area contributed by atoms with Crippen molar-refractivity contribution in [1.82, 2.24) is 20.4 Å². The Morgan fingerprint density at radius 2 is 2.19 bits per heavy atom. The second kappa shape index (κ2) is 11.7. The van der Waals surface area contributed by atoms with Gasteiger partial charge in [0.15, 0.2) is 5.96 Å². The van der Waals surface area contributed by atoms with E-state index < -0.39 is 0 Å². The molecule has 1 unspecified atom stereocenters. The largest absolute Gasteiger partial charge is 0.489 e. The molecule has 1 aromatic carbocycles. The van der Waals surface area contributed by atoms with E-state index in [0.29, 0.717) is 24.8 Å². The van der Waals surface area contributed by atoms with E-state index in [9.17, 15) is 4.39 Å². The average molecular weight is 475 g/mol. The van der Waals surface area contributed by atoms with Gasteiger partial charge in [-0.2, -0.15) is 5.10 Å². The molecule has 0 fully saturated rings. The number of hydrogen-bond acceptors (Lipinski definition) is 3. The molecule has 0 saturated heterocycles. The van der Waals surface area contributed by atoms with Gasteiger partial charge >= 0.3 is 0 Å². The van der Waals surface area contributed by atoms with E-state index >= 15 is 0 Å². The van der Waals surface area contributed by atoms with Gasteiger partial charge in [-0.05, 0) is 31.0 Å². The van der Waals surface area contributed by atoms with Crippen molar-refractivity contribution >= 4 is 29.9 Å². The Morgan fingerprint density at radius 1 is 1.38 bits per heavy atom. The summed E-state index contributed by atoms with van der Waals surface area (Å²) in [6.45, 7) is 6.09. The lowest BCUT2D eigenvalue weighted by Crippen LogP contribution is -2.43. The van der Waals surface area contributed by atoms with Crippen molar-refractivity contribution in [3.05, 3.63) is 48.0 Å². The number of aryl methyl sites for hydroxylation is 1. The number of hydrogen-bond donors (Lipinski definition) is 2. The van der Waals surface area contributed by atoms with Gasteiger partial charge in [0.1, 0.15) is 17.7 Å². The predicted octanol–water partition coefficient (Wildman–Crippen LogP) is 2.97. The molecule has 6 nitrogen and oxygen atoms in total. The summed E-state index contributed by atoms with van der Waals surface area (Å²) in [5.74, 6) is 0.933. The number of benzene rings is 1. The second-order valence-corrected chi connectivity index (χ2v) is 5.77. The fourth-order valence-electron chi connectivity index (χ4n) is 2.31. The zero-order valence-electron chi connectivity index (χ0n) is 15.4. The first-order chi connectivity index (χ1) is 12.1. The van der Waals surface area contributed by atoms with Crippen LogP contribution >= 0.6 is 24.0 Å². The zero-order valence-corrected chi connectivity index (χ0v) is 17.7. The summed E-state index contributed by atoms with van der Waals surface area (Å²) in [7, 11) is 1.72. The number of rotatable bonds is 8. The Bertz CT molecular complexity index is 692. The molecule has 0 aliphatic rings. The SMILES string of the molecule is CCC(CNC(=NC)NCCn1cc(C)cn1)Oc1cccc(F)c1.I. The lowest BCUT2D eigenvalue weighted by atomic mass is 10.2. The van der Waals surface area contributed by atoms with Crippen molar-refractivity contribution in [1.29, 1.82) is 0 Å². The monoisotopic (exact) mass is 475 g/mol. The summed E-state index contributed by atoms with van der Waals surface area (Å²) in [6.07, 6.45) is 4.56. The first-order valence-electron chi connectivity index (χ1n) is 8.46. The zero-order chi connectivity index (χ0) is 18.1. The highest BCUT2D eigenvalue weighted by Crippen LogP contribution is 2.14. The van der Waals surface area contributed by atoms with E-state index in [1.807, 2.05) is 30.9 Å². The van der Waals surface area contributed by atoms with Crippen molar-refractivity contribution in [2.24, 2.45) is 4.99 Å². The first kappa shape index (κ1) is 22.2. The number of halogens is 2. The van der Waals surface area contributed by atoms with Crippen molar-refractivity contribution in [2.75, 3.05) is 20.1 Å². The molecule has 2 rings (SSSR count). The maximum atomic E-state index is 13.2. The fourth-order valence-corrected chi connectivity index (χ4v) is 2.31. The summed E-state index contributed by atoms with van der Waals surface area (Å²) in [6, 6.07) is 6.19. The van der Waals surface area contributed by atoms with Crippen LogP contribution in [0.5, 0.6) is 5.75 Å². The molecule has 0 saturated carbocycles. The third-order valence-corrected chi connectivity index (χ3v) is 3.67. The van der Waals surface area contributed by atoms with Crippen LogP contribution in [0.15, 0.2) is 41.7 Å². The Balaban J connectivity index is 0.00000338. The van der Waals surface area contributed by atoms with Crippen molar-refractivity contribution in [2.45, 2.75) is 32.9 Å². The topological polar surface area (TPSA) is 63.5 Å². The molecule has 0 spiro atoms. The van der Waals surface area contributed by atoms with E-state index in [4.69, 9.17) is 4.74 Å². The predicted molar refractivity (Wildman–Crippen MR) is 113 cm³/mol. The van der Waals surface area contributed by atoms with Gasteiger partial charge in [0.2, 0.25) is 0 Å². The maximum absolute atomic E-state index is 13.2. The molecule has 0 bridgehead atoms. The number of aliphatic imine (C=N–C) groups is 1. The summed E-state index contributed by atoms with van der Waals surface area (Å²) >= 11 is 0. The van der Waals surface area contributed by atoms with E-state index in [0.717, 1.165) is 18.5 Å². The van der Waals surface area contributed by atoms with Gasteiger partial charge in [0.25, 0.3) is 0 Å². The van der Waals surface area contributed by atoms with Crippen LogP contribution in [0.2, 0.25) is 0 Å². The molecule has 144 valence electrons. The van der Waals surface area contributed by atoms with E-state index in [2.05, 4.69) is 20.7 Å². The lowest BCUT2D eigenvalue weighted by molar-refractivity contribution is 0.198. The van der Waals surface area contributed by atoms with Gasteiger partial charge in [-0.3, -0.25) is 9.67 Å². The quantitative estimate of drug-likeness (QED) is 0.350. The molecular formula is C18H27FIN5O. The summed E-state index contributed by atoms with van der Waals surface area (Å²) in [4.78, 5) is 4.20. The lowest BCUT2D eigenvalue weighted by Gasteiger charge is -2.20. The molecule has 0 radical (unpaired) electrons. The van der Waals surface area contributed by atoms with Gasteiger partial charge in [-0.15, -0.1) is 24.0 Å². The van der Waals surface area contributed by atoms with Gasteiger partial charge in [-0.1, -0.05) is 13.0 Å². The Hall–Kier alpha value is -1.84. The van der Waals surface area contributed by atoms with Gasteiger partial charge in [0, 0.05) is 25.9 Å². The molecule has 0 amide bonds. The normalized spacial score (nSPS) is 12.2. The van der Waals surface area contributed by atoms with E-state index in [1.165, 1.54) is 12.1 Å². The standard InChI is InChI=1S/C18H26FN5O.HI/c1-4-16(25-17-7-5-6-15(19)10-17)12-22-18(20-3)21-8-9-24-13-14(2)11-23-24;/h5-7,10-11,13,16H,4,8-9,12H2,1-3H3,(H2,20,21,22);1H. The maximum Gasteiger partial charge on any atom is 0.191 e. The summed E-state index contributed by atoms with van der Waals surface area (Å²) in [5.41, 5.74) is 1.14. The number of aromatic nitrogens is 2. The number of ether oxygens (including phenoxy) is 1. The molecule has 0 aliphatic heterocycles. The Morgan fingerprint density at radius 3 is 2.81 bits per heavy atom. The number of nitrogens with one attached hydrogen (secondary N) is 2. The summed E-state index contributed by atoms with van der Waals surface area (Å²) in [5, 5.41) is 10.7. The van der Waals surface area contributed by atoms with Crippen molar-refractivity contribution in [3.63, 3.8) is 0 Å². The number of nitrogens with zero attached hydrogens (tertiary/aromatic N) is 3. The highest BCUT2D eigenvalue weighted by Gasteiger charge is 2.10. The third kappa shape index (κ3) is 7.59.